The lowest BCUT2D eigenvalue weighted by Gasteiger charge is -2.44. The molecule has 0 unspecified atom stereocenters. The van der Waals surface area contributed by atoms with Crippen molar-refractivity contribution in [3.8, 4) is 11.5 Å². The molecule has 0 radical (unpaired) electrons. The van der Waals surface area contributed by atoms with Crippen LogP contribution in [0.1, 0.15) is 66.0 Å². The van der Waals surface area contributed by atoms with Gasteiger partial charge in [-0.05, 0) is 58.1 Å². The minimum absolute atomic E-state index is 0.105. The molecule has 4 aromatic carbocycles. The lowest BCUT2D eigenvalue weighted by Crippen LogP contribution is -2.66. The summed E-state index contributed by atoms with van der Waals surface area (Å²) >= 11 is 0. The highest BCUT2D eigenvalue weighted by Crippen LogP contribution is 2.38. The second-order valence-electron chi connectivity index (χ2n) is 16.4. The van der Waals surface area contributed by atoms with E-state index in [1.165, 1.54) is 24.2 Å². The number of fused-ring (bicyclic) bond motifs is 1. The summed E-state index contributed by atoms with van der Waals surface area (Å²) in [7, 11) is -2.63. The highest BCUT2D eigenvalue weighted by molar-refractivity contribution is 6.99. The summed E-state index contributed by atoms with van der Waals surface area (Å²) in [5.74, 6) is -1.71. The number of hydrogen-bond acceptors (Lipinski definition) is 13. The summed E-state index contributed by atoms with van der Waals surface area (Å²) in [6, 6.07) is 34.4. The molecule has 0 aliphatic carbocycles. The standard InChI is InChI=1S/C49H56O13Si/c1-32(50)55-31-43-45(58-33(2)51)46(59-34(3)52)47(60-35(4)53)48(62-43)61-42-21-14-20-41-44(42)37(30-56-41)25-22-36-23-26-38(27-24-36)54-28-15-29-57-63(49(5,6)7,39-16-10-8-11-17-39)40-18-12-9-13-19-40/h8-14,16-21,23-24,26-27,30,43,45-48H,15,22,25,28-29,31H2,1-7H3/t43-,45-,46+,47-,48-/m1/s1. The average molecular weight is 881 g/mol. The van der Waals surface area contributed by atoms with Crippen LogP contribution in [0.4, 0.5) is 0 Å². The molecule has 6 rings (SSSR count). The van der Waals surface area contributed by atoms with Gasteiger partial charge in [-0.2, -0.15) is 0 Å². The van der Waals surface area contributed by atoms with Gasteiger partial charge >= 0.3 is 23.9 Å². The smallest absolute Gasteiger partial charge is 0.303 e. The molecule has 0 spiro atoms. The molecule has 0 saturated carbocycles. The molecule has 334 valence electrons. The molecule has 0 N–H and O–H groups in total. The number of furan rings is 1. The number of esters is 4. The SMILES string of the molecule is CC(=O)OC[C@H]1O[C@@H](Oc2cccc3occ(CCc4ccc(OCCCO[Si](c5ccccc5)(c5ccccc5)C(C)(C)C)cc4)c23)[C@H](OC(C)=O)[C@@H](OC(C)=O)[C@@H]1OC(C)=O. The summed E-state index contributed by atoms with van der Waals surface area (Å²) in [6.07, 6.45) is -2.98. The van der Waals surface area contributed by atoms with Gasteiger partial charge in [0, 0.05) is 46.3 Å². The summed E-state index contributed by atoms with van der Waals surface area (Å²) in [5, 5.41) is 3.04. The number of rotatable bonds is 18. The van der Waals surface area contributed by atoms with E-state index in [0.29, 0.717) is 42.8 Å². The van der Waals surface area contributed by atoms with Crippen LogP contribution in [0.25, 0.3) is 11.0 Å². The second kappa shape index (κ2) is 20.9. The van der Waals surface area contributed by atoms with E-state index in [2.05, 4.69) is 69.3 Å². The van der Waals surface area contributed by atoms with Gasteiger partial charge in [0.1, 0.15) is 29.8 Å². The Morgan fingerprint density at radius 2 is 1.25 bits per heavy atom. The van der Waals surface area contributed by atoms with Crippen LogP contribution in [0.3, 0.4) is 0 Å². The van der Waals surface area contributed by atoms with Gasteiger partial charge in [-0.25, -0.2) is 0 Å². The molecular formula is C49H56O13Si. The van der Waals surface area contributed by atoms with Crippen molar-refractivity contribution in [1.29, 1.82) is 0 Å². The summed E-state index contributed by atoms with van der Waals surface area (Å²) < 4.78 is 53.6. The van der Waals surface area contributed by atoms with Crippen LogP contribution in [0, 0.1) is 0 Å². The fraction of sp³-hybridized carbons (Fsp3) is 0.388. The first-order chi connectivity index (χ1) is 30.2. The molecule has 14 heteroatoms. The van der Waals surface area contributed by atoms with Gasteiger partial charge in [-0.1, -0.05) is 99.6 Å². The number of aryl methyl sites for hydroxylation is 2. The maximum absolute atomic E-state index is 12.4. The van der Waals surface area contributed by atoms with E-state index in [-0.39, 0.29) is 11.6 Å². The van der Waals surface area contributed by atoms with Gasteiger partial charge in [-0.15, -0.1) is 0 Å². The van der Waals surface area contributed by atoms with E-state index in [1.54, 1.807) is 24.5 Å². The topological polar surface area (TPSA) is 155 Å². The largest absolute Gasteiger partial charge is 0.494 e. The monoisotopic (exact) mass is 880 g/mol. The Hall–Kier alpha value is -5.96. The zero-order valence-electron chi connectivity index (χ0n) is 36.8. The molecule has 5 atom stereocenters. The maximum Gasteiger partial charge on any atom is 0.303 e. The van der Waals surface area contributed by atoms with E-state index in [9.17, 15) is 19.2 Å². The Balaban J connectivity index is 1.12. The summed E-state index contributed by atoms with van der Waals surface area (Å²) in [5.41, 5.74) is 2.45. The lowest BCUT2D eigenvalue weighted by molar-refractivity contribution is -0.288. The fourth-order valence-electron chi connectivity index (χ4n) is 8.08. The number of carbonyl (C=O) groups excluding carboxylic acids is 4. The summed E-state index contributed by atoms with van der Waals surface area (Å²) in [4.78, 5) is 48.7. The van der Waals surface area contributed by atoms with Gasteiger partial charge in [0.25, 0.3) is 8.32 Å². The van der Waals surface area contributed by atoms with E-state index < -0.39 is 62.9 Å². The molecule has 1 aliphatic heterocycles. The van der Waals surface area contributed by atoms with Crippen molar-refractivity contribution < 1.29 is 61.2 Å². The van der Waals surface area contributed by atoms with E-state index in [1.807, 2.05) is 36.4 Å². The molecule has 1 aromatic heterocycles. The van der Waals surface area contributed by atoms with Crippen molar-refractivity contribution in [2.75, 3.05) is 19.8 Å². The van der Waals surface area contributed by atoms with E-state index >= 15 is 0 Å². The zero-order chi connectivity index (χ0) is 45.1. The Labute approximate surface area is 369 Å². The number of hydrogen-bond donors (Lipinski definition) is 0. The predicted molar refractivity (Wildman–Crippen MR) is 236 cm³/mol. The van der Waals surface area contributed by atoms with Crippen molar-refractivity contribution in [1.82, 2.24) is 0 Å². The first-order valence-corrected chi connectivity index (χ1v) is 23.0. The van der Waals surface area contributed by atoms with Gasteiger partial charge in [-0.3, -0.25) is 19.2 Å². The second-order valence-corrected chi connectivity index (χ2v) is 20.7. The van der Waals surface area contributed by atoms with Crippen LogP contribution in [-0.4, -0.2) is 82.7 Å². The molecule has 0 bridgehead atoms. The Kier molecular flexibility index (Phi) is 15.5. The quantitative estimate of drug-likeness (QED) is 0.0383. The van der Waals surface area contributed by atoms with Gasteiger partial charge in [0.15, 0.2) is 12.2 Å². The van der Waals surface area contributed by atoms with Crippen LogP contribution in [0.2, 0.25) is 5.04 Å². The molecule has 1 fully saturated rings. The normalized spacial score (nSPS) is 18.9. The molecule has 0 amide bonds. The minimum atomic E-state index is -2.63. The number of ether oxygens (including phenoxy) is 7. The number of benzene rings is 4. The van der Waals surface area contributed by atoms with Crippen molar-refractivity contribution >= 4 is 53.5 Å². The van der Waals surface area contributed by atoms with Crippen LogP contribution in [0.5, 0.6) is 11.5 Å². The maximum atomic E-state index is 12.4. The first-order valence-electron chi connectivity index (χ1n) is 21.1. The molecule has 13 nitrogen and oxygen atoms in total. The first kappa shape index (κ1) is 46.5. The van der Waals surface area contributed by atoms with Gasteiger partial charge in [0.2, 0.25) is 12.4 Å². The van der Waals surface area contributed by atoms with Crippen LogP contribution < -0.4 is 19.8 Å². The van der Waals surface area contributed by atoms with Crippen molar-refractivity contribution in [3.63, 3.8) is 0 Å². The molecule has 5 aromatic rings. The number of carbonyl (C=O) groups is 4. The molecular weight excluding hydrogens is 825 g/mol. The Bertz CT molecular complexity index is 2260. The molecule has 63 heavy (non-hydrogen) atoms. The average Bonchev–Trinajstić information content (AvgIpc) is 3.67. The highest BCUT2D eigenvalue weighted by Gasteiger charge is 2.54. The predicted octanol–water partition coefficient (Wildman–Crippen LogP) is 7.03. The third-order valence-electron chi connectivity index (χ3n) is 10.7. The summed E-state index contributed by atoms with van der Waals surface area (Å²) in [6.45, 7) is 12.2. The van der Waals surface area contributed by atoms with Crippen molar-refractivity contribution in [2.24, 2.45) is 0 Å². The van der Waals surface area contributed by atoms with E-state index in [0.717, 1.165) is 37.1 Å². The Morgan fingerprint density at radius 1 is 0.651 bits per heavy atom. The van der Waals surface area contributed by atoms with E-state index in [4.69, 9.17) is 42.0 Å². The van der Waals surface area contributed by atoms with Gasteiger partial charge < -0.3 is 42.0 Å². The lowest BCUT2D eigenvalue weighted by atomic mass is 9.98. The fourth-order valence-corrected chi connectivity index (χ4v) is 12.7. The van der Waals surface area contributed by atoms with Crippen LogP contribution in [0.15, 0.2) is 114 Å². The van der Waals surface area contributed by atoms with Crippen molar-refractivity contribution in [2.45, 2.75) is 103 Å². The third-order valence-corrected chi connectivity index (χ3v) is 15.8. The molecule has 1 saturated heterocycles. The minimum Gasteiger partial charge on any atom is -0.494 e. The third kappa shape index (κ3) is 11.5. The zero-order valence-corrected chi connectivity index (χ0v) is 37.8. The van der Waals surface area contributed by atoms with Crippen LogP contribution in [-0.2, 0) is 60.1 Å². The van der Waals surface area contributed by atoms with Crippen LogP contribution >= 0.6 is 0 Å². The van der Waals surface area contributed by atoms with Crippen molar-refractivity contribution in [3.05, 3.63) is 121 Å². The highest BCUT2D eigenvalue weighted by atomic mass is 28.4. The van der Waals surface area contributed by atoms with Gasteiger partial charge in [0.05, 0.1) is 18.3 Å². The Morgan fingerprint density at radius 3 is 1.84 bits per heavy atom. The molecule has 1 aliphatic rings. The molecule has 2 heterocycles.